The van der Waals surface area contributed by atoms with Gasteiger partial charge in [0.05, 0.1) is 5.69 Å². The molecule has 0 aliphatic rings. The van der Waals surface area contributed by atoms with Crippen molar-refractivity contribution >= 4 is 39.4 Å². The van der Waals surface area contributed by atoms with E-state index in [1.807, 2.05) is 44.2 Å². The van der Waals surface area contributed by atoms with Gasteiger partial charge in [-0.15, -0.1) is 0 Å². The molecule has 0 amide bonds. The summed E-state index contributed by atoms with van der Waals surface area (Å²) in [6.45, 7) is 3.75. The molecule has 8 heteroatoms. The van der Waals surface area contributed by atoms with Crippen molar-refractivity contribution in [2.45, 2.75) is 13.8 Å². The Morgan fingerprint density at radius 3 is 2.41 bits per heavy atom. The Hall–Kier alpha value is -3.00. The number of carbonyl (C=O) groups is 1. The second-order valence-corrected chi connectivity index (χ2v) is 6.90. The van der Waals surface area contributed by atoms with Gasteiger partial charge in [0.25, 0.3) is 0 Å². The molecule has 3 aromatic rings. The van der Waals surface area contributed by atoms with Crippen LogP contribution >= 0.6 is 15.9 Å². The number of carboxylic acid groups (broad SMARTS) is 1. The SMILES string of the molecule is Cc1cc(Br)cc(C)c1Nc1cc(-c2ccncc2)nc(NCC(=O)O)n1. The fourth-order valence-electron chi connectivity index (χ4n) is 2.65. The summed E-state index contributed by atoms with van der Waals surface area (Å²) in [7, 11) is 0. The zero-order valence-electron chi connectivity index (χ0n) is 14.8. The van der Waals surface area contributed by atoms with Crippen LogP contribution in [0.4, 0.5) is 17.5 Å². The lowest BCUT2D eigenvalue weighted by molar-refractivity contribution is -0.134. The number of aryl methyl sites for hydroxylation is 2. The number of hydrogen-bond acceptors (Lipinski definition) is 6. The number of hydrogen-bond donors (Lipinski definition) is 3. The zero-order chi connectivity index (χ0) is 19.4. The number of nitrogens with zero attached hydrogens (tertiary/aromatic N) is 3. The zero-order valence-corrected chi connectivity index (χ0v) is 16.4. The molecule has 3 rings (SSSR count). The molecule has 0 aliphatic carbocycles. The predicted molar refractivity (Wildman–Crippen MR) is 108 cm³/mol. The van der Waals surface area contributed by atoms with Gasteiger partial charge in [-0.1, -0.05) is 15.9 Å². The van der Waals surface area contributed by atoms with Gasteiger partial charge in [0.2, 0.25) is 5.95 Å². The van der Waals surface area contributed by atoms with E-state index in [-0.39, 0.29) is 12.5 Å². The summed E-state index contributed by atoms with van der Waals surface area (Å²) in [6, 6.07) is 9.53. The summed E-state index contributed by atoms with van der Waals surface area (Å²) in [4.78, 5) is 23.7. The van der Waals surface area contributed by atoms with Crippen molar-refractivity contribution < 1.29 is 9.90 Å². The van der Waals surface area contributed by atoms with Gasteiger partial charge < -0.3 is 15.7 Å². The molecule has 0 radical (unpaired) electrons. The van der Waals surface area contributed by atoms with Crippen molar-refractivity contribution in [3.8, 4) is 11.3 Å². The molecule has 2 aromatic heterocycles. The van der Waals surface area contributed by atoms with Crippen molar-refractivity contribution in [3.63, 3.8) is 0 Å². The van der Waals surface area contributed by atoms with Gasteiger partial charge >= 0.3 is 5.97 Å². The van der Waals surface area contributed by atoms with Crippen molar-refractivity contribution in [1.29, 1.82) is 0 Å². The highest BCUT2D eigenvalue weighted by molar-refractivity contribution is 9.10. The molecule has 7 nitrogen and oxygen atoms in total. The van der Waals surface area contributed by atoms with E-state index in [4.69, 9.17) is 5.11 Å². The average Bonchev–Trinajstić information content (AvgIpc) is 2.63. The molecule has 0 spiro atoms. The number of rotatable bonds is 6. The summed E-state index contributed by atoms with van der Waals surface area (Å²) in [5.74, 6) is -0.179. The largest absolute Gasteiger partial charge is 0.480 e. The molecule has 27 heavy (non-hydrogen) atoms. The highest BCUT2D eigenvalue weighted by Gasteiger charge is 2.11. The maximum absolute atomic E-state index is 10.9. The lowest BCUT2D eigenvalue weighted by atomic mass is 10.1. The normalized spacial score (nSPS) is 10.5. The molecule has 0 fully saturated rings. The first-order valence-electron chi connectivity index (χ1n) is 8.21. The topological polar surface area (TPSA) is 100 Å². The highest BCUT2D eigenvalue weighted by Crippen LogP contribution is 2.29. The van der Waals surface area contributed by atoms with Crippen LogP contribution in [-0.2, 0) is 4.79 Å². The third kappa shape index (κ3) is 4.79. The summed E-state index contributed by atoms with van der Waals surface area (Å²) in [5.41, 5.74) is 4.59. The Labute approximate surface area is 165 Å². The van der Waals surface area contributed by atoms with Crippen LogP contribution in [0.3, 0.4) is 0 Å². The van der Waals surface area contributed by atoms with Crippen LogP contribution in [0.25, 0.3) is 11.3 Å². The first kappa shape index (κ1) is 18.8. The smallest absolute Gasteiger partial charge is 0.322 e. The predicted octanol–water partition coefficient (Wildman–Crippen LogP) is 4.16. The van der Waals surface area contributed by atoms with Crippen LogP contribution < -0.4 is 10.6 Å². The highest BCUT2D eigenvalue weighted by atomic mass is 79.9. The van der Waals surface area contributed by atoms with E-state index >= 15 is 0 Å². The van der Waals surface area contributed by atoms with E-state index < -0.39 is 5.97 Å². The molecule has 0 saturated heterocycles. The molecule has 0 bridgehead atoms. The van der Waals surface area contributed by atoms with Crippen LogP contribution in [0.5, 0.6) is 0 Å². The minimum atomic E-state index is -0.984. The lowest BCUT2D eigenvalue weighted by Gasteiger charge is -2.15. The molecule has 0 unspecified atom stereocenters. The van der Waals surface area contributed by atoms with Gasteiger partial charge in [0, 0.05) is 34.2 Å². The minimum Gasteiger partial charge on any atom is -0.480 e. The summed E-state index contributed by atoms with van der Waals surface area (Å²) < 4.78 is 1.01. The maximum Gasteiger partial charge on any atom is 0.322 e. The van der Waals surface area contributed by atoms with Crippen LogP contribution in [0.2, 0.25) is 0 Å². The average molecular weight is 428 g/mol. The maximum atomic E-state index is 10.9. The molecule has 0 saturated carbocycles. The molecule has 0 atom stereocenters. The second kappa shape index (κ2) is 8.13. The third-order valence-corrected chi connectivity index (χ3v) is 4.31. The summed E-state index contributed by atoms with van der Waals surface area (Å²) >= 11 is 3.50. The number of carboxylic acids is 1. The van der Waals surface area contributed by atoms with E-state index in [0.29, 0.717) is 11.5 Å². The molecule has 1 aromatic carbocycles. The van der Waals surface area contributed by atoms with Crippen molar-refractivity contribution in [2.24, 2.45) is 0 Å². The minimum absolute atomic E-state index is 0.238. The fourth-order valence-corrected chi connectivity index (χ4v) is 3.34. The number of nitrogens with one attached hydrogen (secondary N) is 2. The molecule has 3 N–H and O–H groups in total. The monoisotopic (exact) mass is 427 g/mol. The van der Waals surface area contributed by atoms with Crippen LogP contribution in [0, 0.1) is 13.8 Å². The molecular weight excluding hydrogens is 410 g/mol. The number of aromatic nitrogens is 3. The van der Waals surface area contributed by atoms with Crippen LogP contribution in [-0.4, -0.2) is 32.6 Å². The lowest BCUT2D eigenvalue weighted by Crippen LogP contribution is -2.15. The molecule has 2 heterocycles. The molecule has 138 valence electrons. The number of anilines is 3. The number of halogens is 1. The Balaban J connectivity index is 2.01. The summed E-state index contributed by atoms with van der Waals surface area (Å²) in [5, 5.41) is 15.0. The van der Waals surface area contributed by atoms with E-state index in [9.17, 15) is 4.79 Å². The Kier molecular flexibility index (Phi) is 5.66. The quantitative estimate of drug-likeness (QED) is 0.542. The van der Waals surface area contributed by atoms with Gasteiger partial charge in [-0.2, -0.15) is 4.98 Å². The van der Waals surface area contributed by atoms with E-state index in [0.717, 1.165) is 26.9 Å². The Morgan fingerprint density at radius 2 is 1.78 bits per heavy atom. The van der Waals surface area contributed by atoms with E-state index in [1.54, 1.807) is 12.4 Å². The van der Waals surface area contributed by atoms with Crippen LogP contribution in [0.1, 0.15) is 11.1 Å². The van der Waals surface area contributed by atoms with Gasteiger partial charge in [-0.05, 0) is 49.2 Å². The van der Waals surface area contributed by atoms with E-state index in [2.05, 4.69) is 41.5 Å². The number of aliphatic carboxylic acids is 1. The van der Waals surface area contributed by atoms with Gasteiger partial charge in [0.1, 0.15) is 12.4 Å². The first-order valence-corrected chi connectivity index (χ1v) is 9.00. The number of pyridine rings is 1. The number of benzene rings is 1. The molecular formula is C19H18BrN5O2. The van der Waals surface area contributed by atoms with Gasteiger partial charge in [-0.25, -0.2) is 4.98 Å². The van der Waals surface area contributed by atoms with E-state index in [1.165, 1.54) is 0 Å². The van der Waals surface area contributed by atoms with Crippen LogP contribution in [0.15, 0.2) is 47.2 Å². The summed E-state index contributed by atoms with van der Waals surface area (Å²) in [6.07, 6.45) is 3.36. The standard InChI is InChI=1S/C19H18BrN5O2/c1-11-7-14(20)8-12(2)18(11)24-16-9-15(13-3-5-21-6-4-13)23-19(25-16)22-10-17(26)27/h3-9H,10H2,1-2H3,(H,26,27)(H2,22,23,24,25). The molecule has 0 aliphatic heterocycles. The second-order valence-electron chi connectivity index (χ2n) is 5.98. The van der Waals surface area contributed by atoms with Crippen molar-refractivity contribution in [3.05, 3.63) is 58.3 Å². The van der Waals surface area contributed by atoms with Gasteiger partial charge in [0.15, 0.2) is 0 Å². The Bertz CT molecular complexity index is 956. The fraction of sp³-hybridized carbons (Fsp3) is 0.158. The van der Waals surface area contributed by atoms with Crippen molar-refractivity contribution in [1.82, 2.24) is 15.0 Å². The van der Waals surface area contributed by atoms with Gasteiger partial charge in [-0.3, -0.25) is 9.78 Å². The third-order valence-electron chi connectivity index (χ3n) is 3.85. The Morgan fingerprint density at radius 1 is 1.11 bits per heavy atom. The first-order chi connectivity index (χ1) is 12.9. The van der Waals surface area contributed by atoms with Crippen molar-refractivity contribution in [2.75, 3.05) is 17.2 Å².